The van der Waals surface area contributed by atoms with E-state index in [1.54, 1.807) is 0 Å². The molecular formula is C13H32IrN5-. The summed E-state index contributed by atoms with van der Waals surface area (Å²) in [6.07, 6.45) is 0. The van der Waals surface area contributed by atoms with Gasteiger partial charge in [-0.15, -0.1) is 6.54 Å². The Morgan fingerprint density at radius 2 is 0.895 bits per heavy atom. The van der Waals surface area contributed by atoms with Crippen LogP contribution in [0.3, 0.4) is 0 Å². The van der Waals surface area contributed by atoms with Gasteiger partial charge in [-0.05, 0) is 41.8 Å². The molecule has 6 heteroatoms. The van der Waals surface area contributed by atoms with Crippen LogP contribution < -0.4 is 0 Å². The summed E-state index contributed by atoms with van der Waals surface area (Å²) in [6.45, 7) is 7.97. The van der Waals surface area contributed by atoms with Crippen LogP contribution in [0.25, 0.3) is 5.73 Å². The second kappa shape index (κ2) is 13.4. The average Bonchev–Trinajstić information content (AvgIpc) is 2.31. The summed E-state index contributed by atoms with van der Waals surface area (Å²) in [6, 6.07) is 0. The predicted octanol–water partition coefficient (Wildman–Crippen LogP) is 0.393. The molecule has 0 aromatic rings. The molecule has 0 aromatic carbocycles. The van der Waals surface area contributed by atoms with E-state index in [9.17, 15) is 0 Å². The Bertz CT molecular complexity index is 192. The molecule has 0 amide bonds. The fraction of sp³-hybridized carbons (Fsp3) is 1.00. The van der Waals surface area contributed by atoms with Crippen LogP contribution in [0.5, 0.6) is 0 Å². The monoisotopic (exact) mass is 451 g/mol. The molecule has 1 N–H and O–H groups in total. The van der Waals surface area contributed by atoms with E-state index in [-0.39, 0.29) is 20.1 Å². The molecule has 0 unspecified atom stereocenters. The Labute approximate surface area is 133 Å². The number of nitrogens with zero attached hydrogens (tertiary/aromatic N) is 4. The van der Waals surface area contributed by atoms with Crippen molar-refractivity contribution in [1.82, 2.24) is 19.6 Å². The minimum atomic E-state index is 0. The van der Waals surface area contributed by atoms with Gasteiger partial charge >= 0.3 is 0 Å². The van der Waals surface area contributed by atoms with Gasteiger partial charge in [0.1, 0.15) is 0 Å². The summed E-state index contributed by atoms with van der Waals surface area (Å²) >= 11 is 0. The molecule has 1 radical (unpaired) electrons. The second-order valence-electron chi connectivity index (χ2n) is 5.46. The molecule has 0 heterocycles. The first kappa shape index (κ1) is 21.7. The fourth-order valence-corrected chi connectivity index (χ4v) is 1.58. The molecule has 0 spiro atoms. The van der Waals surface area contributed by atoms with Crippen molar-refractivity contribution >= 4 is 0 Å². The average molecular weight is 451 g/mol. The predicted molar refractivity (Wildman–Crippen MR) is 80.2 cm³/mol. The Morgan fingerprint density at radius 1 is 0.579 bits per heavy atom. The van der Waals surface area contributed by atoms with Gasteiger partial charge < -0.3 is 25.3 Å². The SMILES string of the molecule is CN(C)CCN(C)CCN(C)CCN(C)CC[NH-].[Ir]. The third-order valence-corrected chi connectivity index (χ3v) is 3.15. The van der Waals surface area contributed by atoms with E-state index in [4.69, 9.17) is 5.73 Å². The molecule has 5 nitrogen and oxygen atoms in total. The summed E-state index contributed by atoms with van der Waals surface area (Å²) in [5, 5.41) is 0. The topological polar surface area (TPSA) is 36.8 Å². The third-order valence-electron chi connectivity index (χ3n) is 3.15. The maximum Gasteiger partial charge on any atom is 0.0107 e. The van der Waals surface area contributed by atoms with Gasteiger partial charge in [0, 0.05) is 59.4 Å². The molecule has 0 bridgehead atoms. The first-order valence-electron chi connectivity index (χ1n) is 6.80. The summed E-state index contributed by atoms with van der Waals surface area (Å²) < 4.78 is 0. The zero-order valence-corrected chi connectivity index (χ0v) is 15.7. The van der Waals surface area contributed by atoms with Crippen LogP contribution in [0.1, 0.15) is 0 Å². The van der Waals surface area contributed by atoms with Crippen LogP contribution in [0.4, 0.5) is 0 Å². The molecule has 0 atom stereocenters. The van der Waals surface area contributed by atoms with Gasteiger partial charge in [-0.1, -0.05) is 0 Å². The smallest absolute Gasteiger partial charge is 0.0107 e. The van der Waals surface area contributed by atoms with E-state index < -0.39 is 0 Å². The molecule has 19 heavy (non-hydrogen) atoms. The summed E-state index contributed by atoms with van der Waals surface area (Å²) in [4.78, 5) is 9.19. The molecular weight excluding hydrogens is 418 g/mol. The van der Waals surface area contributed by atoms with Gasteiger partial charge in [0.15, 0.2) is 0 Å². The Morgan fingerprint density at radius 3 is 1.21 bits per heavy atom. The second-order valence-corrected chi connectivity index (χ2v) is 5.46. The number of nitrogens with one attached hydrogen (secondary N) is 1. The fourth-order valence-electron chi connectivity index (χ4n) is 1.58. The largest absolute Gasteiger partial charge is 0.676 e. The number of hydrogen-bond acceptors (Lipinski definition) is 4. The Balaban J connectivity index is 0. The van der Waals surface area contributed by atoms with Crippen molar-refractivity contribution in [3.8, 4) is 0 Å². The summed E-state index contributed by atoms with van der Waals surface area (Å²) in [5.74, 6) is 0. The minimum absolute atomic E-state index is 0. The van der Waals surface area contributed by atoms with E-state index in [1.165, 1.54) is 0 Å². The van der Waals surface area contributed by atoms with Crippen molar-refractivity contribution in [2.24, 2.45) is 0 Å². The summed E-state index contributed by atoms with van der Waals surface area (Å²) in [7, 11) is 10.7. The maximum atomic E-state index is 7.17. The van der Waals surface area contributed by atoms with Gasteiger partial charge in [-0.2, -0.15) is 0 Å². The van der Waals surface area contributed by atoms with E-state index in [0.717, 1.165) is 45.8 Å². The molecule has 119 valence electrons. The maximum absolute atomic E-state index is 7.17. The van der Waals surface area contributed by atoms with Crippen molar-refractivity contribution in [3.05, 3.63) is 5.73 Å². The molecule has 0 fully saturated rings. The molecule has 0 rings (SSSR count). The number of rotatable bonds is 11. The quantitative estimate of drug-likeness (QED) is 0.457. The standard InChI is InChI=1S/C13H32N5.Ir/c1-15(2)8-9-17(4)12-13-18(5)11-10-16(3)7-6-14;/h14H,6-13H2,1-5H3;/q-1;. The molecule has 0 aliphatic carbocycles. The number of likely N-dealkylation sites (N-methyl/N-ethyl adjacent to an activating group) is 4. The summed E-state index contributed by atoms with van der Waals surface area (Å²) in [5.41, 5.74) is 7.17. The van der Waals surface area contributed by atoms with Crippen LogP contribution >= 0.6 is 0 Å². The van der Waals surface area contributed by atoms with E-state index in [0.29, 0.717) is 6.54 Å². The molecule has 0 aliphatic rings. The first-order valence-corrected chi connectivity index (χ1v) is 6.80. The molecule has 0 saturated heterocycles. The van der Waals surface area contributed by atoms with Crippen molar-refractivity contribution in [1.29, 1.82) is 0 Å². The zero-order chi connectivity index (χ0) is 14.0. The van der Waals surface area contributed by atoms with Crippen LogP contribution in [-0.4, -0.2) is 107 Å². The number of hydrogen-bond donors (Lipinski definition) is 0. The van der Waals surface area contributed by atoms with Gasteiger partial charge in [0.05, 0.1) is 0 Å². The van der Waals surface area contributed by atoms with Gasteiger partial charge in [-0.25, -0.2) is 0 Å². The van der Waals surface area contributed by atoms with Gasteiger partial charge in [0.25, 0.3) is 0 Å². The first-order chi connectivity index (χ1) is 8.45. The van der Waals surface area contributed by atoms with Crippen molar-refractivity contribution in [2.45, 2.75) is 0 Å². The van der Waals surface area contributed by atoms with E-state index in [1.807, 2.05) is 0 Å². The molecule has 0 aromatic heterocycles. The van der Waals surface area contributed by atoms with E-state index in [2.05, 4.69) is 54.8 Å². The minimum Gasteiger partial charge on any atom is -0.676 e. The van der Waals surface area contributed by atoms with Crippen molar-refractivity contribution in [3.63, 3.8) is 0 Å². The van der Waals surface area contributed by atoms with Gasteiger partial charge in [0.2, 0.25) is 0 Å². The van der Waals surface area contributed by atoms with E-state index >= 15 is 0 Å². The van der Waals surface area contributed by atoms with Crippen LogP contribution in [0.2, 0.25) is 0 Å². The Hall–Kier alpha value is 0.449. The molecule has 0 aliphatic heterocycles. The zero-order valence-electron chi connectivity index (χ0n) is 13.3. The van der Waals surface area contributed by atoms with Crippen molar-refractivity contribution < 1.29 is 20.1 Å². The van der Waals surface area contributed by atoms with Crippen molar-refractivity contribution in [2.75, 3.05) is 87.6 Å². The third kappa shape index (κ3) is 14.7. The molecule has 0 saturated carbocycles. The Kier molecular flexibility index (Phi) is 15.4. The van der Waals surface area contributed by atoms with Crippen LogP contribution in [0, 0.1) is 0 Å². The van der Waals surface area contributed by atoms with Gasteiger partial charge in [-0.3, -0.25) is 0 Å². The normalized spacial score (nSPS) is 11.7. The van der Waals surface area contributed by atoms with Crippen LogP contribution in [-0.2, 0) is 20.1 Å². The van der Waals surface area contributed by atoms with Crippen LogP contribution in [0.15, 0.2) is 0 Å².